The quantitative estimate of drug-likeness (QED) is 0.749. The molecular formula is C10H14N2O. The van der Waals surface area contributed by atoms with Gasteiger partial charge in [-0.05, 0) is 26.0 Å². The van der Waals surface area contributed by atoms with Crippen LogP contribution in [0.25, 0.3) is 0 Å². The Hall–Kier alpha value is -1.22. The molecule has 0 bridgehead atoms. The van der Waals surface area contributed by atoms with E-state index in [1.54, 1.807) is 20.0 Å². The predicted molar refractivity (Wildman–Crippen MR) is 51.2 cm³/mol. The van der Waals surface area contributed by atoms with Gasteiger partial charge in [-0.25, -0.2) is 0 Å². The largest absolute Gasteiger partial charge is 0.319 e. The summed E-state index contributed by atoms with van der Waals surface area (Å²) in [4.78, 5) is 15.5. The molecule has 0 unspecified atom stereocenters. The van der Waals surface area contributed by atoms with Gasteiger partial charge in [-0.1, -0.05) is 6.07 Å². The van der Waals surface area contributed by atoms with E-state index in [2.05, 4.69) is 4.98 Å². The maximum Gasteiger partial charge on any atom is 0.158 e. The summed E-state index contributed by atoms with van der Waals surface area (Å²) in [5, 5.41) is 0. The molecule has 0 saturated carbocycles. The number of aromatic nitrogens is 1. The molecule has 0 aromatic carbocycles. The summed E-state index contributed by atoms with van der Waals surface area (Å²) < 4.78 is 0. The smallest absolute Gasteiger partial charge is 0.158 e. The van der Waals surface area contributed by atoms with Crippen LogP contribution in [0.5, 0.6) is 0 Å². The van der Waals surface area contributed by atoms with Crippen LogP contribution in [0.2, 0.25) is 0 Å². The van der Waals surface area contributed by atoms with Gasteiger partial charge in [0, 0.05) is 11.9 Å². The molecule has 0 atom stereocenters. The van der Waals surface area contributed by atoms with Gasteiger partial charge in [-0.2, -0.15) is 0 Å². The van der Waals surface area contributed by atoms with E-state index in [9.17, 15) is 4.79 Å². The Labute approximate surface area is 78.0 Å². The van der Waals surface area contributed by atoms with Gasteiger partial charge in [0.1, 0.15) is 0 Å². The summed E-state index contributed by atoms with van der Waals surface area (Å²) in [6.45, 7) is 3.41. The number of hydrogen-bond acceptors (Lipinski definition) is 3. The van der Waals surface area contributed by atoms with Gasteiger partial charge in [0.25, 0.3) is 0 Å². The van der Waals surface area contributed by atoms with Crippen molar-refractivity contribution in [3.05, 3.63) is 30.1 Å². The van der Waals surface area contributed by atoms with Crippen molar-refractivity contribution in [2.75, 3.05) is 0 Å². The second-order valence-corrected chi connectivity index (χ2v) is 3.64. The molecular weight excluding hydrogens is 164 g/mol. The first-order valence-electron chi connectivity index (χ1n) is 4.22. The van der Waals surface area contributed by atoms with Crippen molar-refractivity contribution in [1.29, 1.82) is 0 Å². The first kappa shape index (κ1) is 9.86. The second-order valence-electron chi connectivity index (χ2n) is 3.64. The van der Waals surface area contributed by atoms with Gasteiger partial charge in [0.15, 0.2) is 5.78 Å². The molecule has 2 N–H and O–H groups in total. The number of hydrogen-bond donors (Lipinski definition) is 1. The number of nitrogens with two attached hydrogens (primary N) is 1. The zero-order valence-corrected chi connectivity index (χ0v) is 7.95. The van der Waals surface area contributed by atoms with Crippen LogP contribution in [0.1, 0.15) is 19.5 Å². The van der Waals surface area contributed by atoms with Gasteiger partial charge < -0.3 is 5.73 Å². The monoisotopic (exact) mass is 178 g/mol. The molecule has 0 aliphatic heterocycles. The Bertz CT molecular complexity index is 288. The molecule has 3 heteroatoms. The van der Waals surface area contributed by atoms with E-state index < -0.39 is 5.54 Å². The van der Waals surface area contributed by atoms with Gasteiger partial charge in [0.2, 0.25) is 0 Å². The van der Waals surface area contributed by atoms with Crippen molar-refractivity contribution in [2.24, 2.45) is 5.73 Å². The van der Waals surface area contributed by atoms with E-state index >= 15 is 0 Å². The van der Waals surface area contributed by atoms with Crippen LogP contribution >= 0.6 is 0 Å². The maximum absolute atomic E-state index is 11.5. The fourth-order valence-corrected chi connectivity index (χ4v) is 0.895. The lowest BCUT2D eigenvalue weighted by atomic mass is 9.97. The van der Waals surface area contributed by atoms with E-state index in [0.717, 1.165) is 5.69 Å². The number of Topliss-reactive ketones (excluding diaryl/α,β-unsaturated/α-hetero) is 1. The van der Waals surface area contributed by atoms with Gasteiger partial charge in [0.05, 0.1) is 12.0 Å². The maximum atomic E-state index is 11.5. The predicted octanol–water partition coefficient (Wildman–Crippen LogP) is 0.930. The summed E-state index contributed by atoms with van der Waals surface area (Å²) in [5.74, 6) is 0.00574. The Balaban J connectivity index is 2.66. The molecule has 13 heavy (non-hydrogen) atoms. The Kier molecular flexibility index (Phi) is 2.78. The third kappa shape index (κ3) is 2.95. The highest BCUT2D eigenvalue weighted by molar-refractivity contribution is 5.88. The second kappa shape index (κ2) is 3.66. The van der Waals surface area contributed by atoms with E-state index in [4.69, 9.17) is 5.73 Å². The lowest BCUT2D eigenvalue weighted by Gasteiger charge is -2.15. The first-order valence-corrected chi connectivity index (χ1v) is 4.22. The van der Waals surface area contributed by atoms with Gasteiger partial charge >= 0.3 is 0 Å². The van der Waals surface area contributed by atoms with Crippen molar-refractivity contribution >= 4 is 5.78 Å². The molecule has 0 aliphatic carbocycles. The average molecular weight is 178 g/mol. The number of carbonyl (C=O) groups is 1. The van der Waals surface area contributed by atoms with Crippen molar-refractivity contribution in [1.82, 2.24) is 4.98 Å². The highest BCUT2D eigenvalue weighted by Gasteiger charge is 2.21. The number of nitrogens with zero attached hydrogens (tertiary/aromatic N) is 1. The highest BCUT2D eigenvalue weighted by Crippen LogP contribution is 2.04. The number of ketones is 1. The molecule has 70 valence electrons. The standard InChI is InChI=1S/C10H14N2O/c1-10(2,11)9(13)7-8-5-3-4-6-12-8/h3-6H,7,11H2,1-2H3. The molecule has 1 aromatic rings. The normalized spacial score (nSPS) is 11.3. The molecule has 1 heterocycles. The molecule has 0 aliphatic rings. The van der Waals surface area contributed by atoms with Gasteiger partial charge in [-0.3, -0.25) is 9.78 Å². The zero-order valence-electron chi connectivity index (χ0n) is 7.95. The number of rotatable bonds is 3. The summed E-state index contributed by atoms with van der Waals surface area (Å²) in [6.07, 6.45) is 1.98. The number of carbonyl (C=O) groups excluding carboxylic acids is 1. The SMILES string of the molecule is CC(C)(N)C(=O)Cc1ccccn1. The van der Waals surface area contributed by atoms with Gasteiger partial charge in [-0.15, -0.1) is 0 Å². The first-order chi connectivity index (χ1) is 6.00. The molecule has 0 amide bonds. The third-order valence-electron chi connectivity index (χ3n) is 1.79. The lowest BCUT2D eigenvalue weighted by molar-refractivity contribution is -0.122. The topological polar surface area (TPSA) is 56.0 Å². The summed E-state index contributed by atoms with van der Waals surface area (Å²) in [6, 6.07) is 5.50. The van der Waals surface area contributed by atoms with Crippen LogP contribution in [0.3, 0.4) is 0 Å². The van der Waals surface area contributed by atoms with Crippen molar-refractivity contribution < 1.29 is 4.79 Å². The summed E-state index contributed by atoms with van der Waals surface area (Å²) in [5.41, 5.74) is 5.65. The fraction of sp³-hybridized carbons (Fsp3) is 0.400. The Morgan fingerprint density at radius 3 is 2.69 bits per heavy atom. The molecule has 1 aromatic heterocycles. The summed E-state index contributed by atoms with van der Waals surface area (Å²) >= 11 is 0. The van der Waals surface area contributed by atoms with Crippen LogP contribution < -0.4 is 5.73 Å². The minimum atomic E-state index is -0.766. The van der Waals surface area contributed by atoms with Crippen LogP contribution in [-0.4, -0.2) is 16.3 Å². The van der Waals surface area contributed by atoms with E-state index in [1.807, 2.05) is 18.2 Å². The molecule has 0 spiro atoms. The molecule has 3 nitrogen and oxygen atoms in total. The molecule has 0 saturated heterocycles. The van der Waals surface area contributed by atoms with E-state index in [0.29, 0.717) is 6.42 Å². The van der Waals surface area contributed by atoms with Crippen molar-refractivity contribution in [3.63, 3.8) is 0 Å². The van der Waals surface area contributed by atoms with Crippen LogP contribution in [0, 0.1) is 0 Å². The Morgan fingerprint density at radius 2 is 2.23 bits per heavy atom. The number of pyridine rings is 1. The summed E-state index contributed by atoms with van der Waals surface area (Å²) in [7, 11) is 0. The van der Waals surface area contributed by atoms with Crippen LogP contribution in [0.4, 0.5) is 0 Å². The van der Waals surface area contributed by atoms with E-state index in [-0.39, 0.29) is 5.78 Å². The highest BCUT2D eigenvalue weighted by atomic mass is 16.1. The minimum absolute atomic E-state index is 0.00574. The molecule has 0 fully saturated rings. The third-order valence-corrected chi connectivity index (χ3v) is 1.79. The fourth-order valence-electron chi connectivity index (χ4n) is 0.895. The van der Waals surface area contributed by atoms with E-state index in [1.165, 1.54) is 0 Å². The Morgan fingerprint density at radius 1 is 1.54 bits per heavy atom. The zero-order chi connectivity index (χ0) is 9.90. The molecule has 0 radical (unpaired) electrons. The van der Waals surface area contributed by atoms with Crippen molar-refractivity contribution in [2.45, 2.75) is 25.8 Å². The average Bonchev–Trinajstić information content (AvgIpc) is 2.04. The lowest BCUT2D eigenvalue weighted by Crippen LogP contribution is -2.42. The van der Waals surface area contributed by atoms with Crippen molar-refractivity contribution in [3.8, 4) is 0 Å². The molecule has 1 rings (SSSR count). The minimum Gasteiger partial charge on any atom is -0.319 e. The van der Waals surface area contributed by atoms with Crippen LogP contribution in [-0.2, 0) is 11.2 Å². The van der Waals surface area contributed by atoms with Crippen LogP contribution in [0.15, 0.2) is 24.4 Å².